The van der Waals surface area contributed by atoms with Crippen LogP contribution in [0.15, 0.2) is 65.7 Å². The van der Waals surface area contributed by atoms with Gasteiger partial charge in [-0.05, 0) is 54.1 Å². The number of carbonyl (C=O) groups excluding carboxylic acids is 1. The first-order valence-electron chi connectivity index (χ1n) is 10.6. The van der Waals surface area contributed by atoms with E-state index >= 15 is 0 Å². The van der Waals surface area contributed by atoms with Gasteiger partial charge in [-0.15, -0.1) is 0 Å². The van der Waals surface area contributed by atoms with Crippen LogP contribution in [0.4, 0.5) is 15.8 Å². The third kappa shape index (κ3) is 4.84. The van der Waals surface area contributed by atoms with Crippen molar-refractivity contribution in [3.63, 3.8) is 0 Å². The standard InChI is InChI=1S/C25H21ClFN3O3/c26-17-3-7-23-21(14-17)29-25(30-9-11-32-12-10-30)20-15-19(6-8-22(20)33-23)28-24(31)13-16-1-4-18(27)5-2-16/h1-8,14-15H,9-13H2,(H,28,31). The van der Waals surface area contributed by atoms with Crippen LogP contribution in [-0.2, 0) is 16.0 Å². The average molecular weight is 466 g/mol. The highest BCUT2D eigenvalue weighted by atomic mass is 35.5. The Morgan fingerprint density at radius 2 is 1.79 bits per heavy atom. The van der Waals surface area contributed by atoms with Crippen molar-refractivity contribution in [1.82, 2.24) is 4.90 Å². The van der Waals surface area contributed by atoms with Crippen molar-refractivity contribution in [2.75, 3.05) is 31.6 Å². The first-order chi connectivity index (χ1) is 16.0. The SMILES string of the molecule is O=C(Cc1ccc(F)cc1)Nc1ccc2c(c1)C(N1CCOCC1)=Nc1cc(Cl)ccc1O2. The molecule has 1 fully saturated rings. The lowest BCUT2D eigenvalue weighted by molar-refractivity contribution is -0.115. The molecule has 0 bridgehead atoms. The Kier molecular flexibility index (Phi) is 5.98. The minimum Gasteiger partial charge on any atom is -0.454 e. The molecule has 0 radical (unpaired) electrons. The molecular weight excluding hydrogens is 445 g/mol. The molecule has 168 valence electrons. The van der Waals surface area contributed by atoms with E-state index in [1.165, 1.54) is 12.1 Å². The number of aliphatic imine (C=N–C) groups is 1. The number of rotatable bonds is 3. The lowest BCUT2D eigenvalue weighted by atomic mass is 10.1. The van der Waals surface area contributed by atoms with E-state index in [1.807, 2.05) is 12.1 Å². The molecule has 0 unspecified atom stereocenters. The van der Waals surface area contributed by atoms with Gasteiger partial charge in [-0.25, -0.2) is 9.38 Å². The van der Waals surface area contributed by atoms with Crippen molar-refractivity contribution < 1.29 is 18.7 Å². The van der Waals surface area contributed by atoms with Gasteiger partial charge in [-0.3, -0.25) is 4.79 Å². The fourth-order valence-corrected chi connectivity index (χ4v) is 4.00. The lowest BCUT2D eigenvalue weighted by Gasteiger charge is -2.30. The maximum atomic E-state index is 13.1. The maximum Gasteiger partial charge on any atom is 0.228 e. The molecule has 3 aromatic carbocycles. The molecule has 2 aliphatic rings. The number of hydrogen-bond acceptors (Lipinski definition) is 5. The summed E-state index contributed by atoms with van der Waals surface area (Å²) < 4.78 is 24.8. The van der Waals surface area contributed by atoms with Crippen molar-refractivity contribution in [2.24, 2.45) is 4.99 Å². The summed E-state index contributed by atoms with van der Waals surface area (Å²) >= 11 is 6.21. The molecule has 6 nitrogen and oxygen atoms in total. The molecule has 5 rings (SSSR count). The Morgan fingerprint density at radius 3 is 2.58 bits per heavy atom. The Hall–Kier alpha value is -3.42. The molecule has 8 heteroatoms. The van der Waals surface area contributed by atoms with Gasteiger partial charge in [0, 0.05) is 23.8 Å². The van der Waals surface area contributed by atoms with E-state index in [4.69, 9.17) is 26.1 Å². The summed E-state index contributed by atoms with van der Waals surface area (Å²) in [5, 5.41) is 3.49. The number of amides is 1. The summed E-state index contributed by atoms with van der Waals surface area (Å²) in [5.74, 6) is 1.46. The van der Waals surface area contributed by atoms with E-state index in [9.17, 15) is 9.18 Å². The van der Waals surface area contributed by atoms with E-state index < -0.39 is 0 Å². The number of hydrogen-bond donors (Lipinski definition) is 1. The van der Waals surface area contributed by atoms with Gasteiger partial charge < -0.3 is 19.7 Å². The summed E-state index contributed by atoms with van der Waals surface area (Å²) in [4.78, 5) is 19.6. The van der Waals surface area contributed by atoms with Crippen LogP contribution >= 0.6 is 11.6 Å². The zero-order valence-electron chi connectivity index (χ0n) is 17.7. The minimum atomic E-state index is -0.331. The Morgan fingerprint density at radius 1 is 1.03 bits per heavy atom. The second-order valence-electron chi connectivity index (χ2n) is 7.81. The maximum absolute atomic E-state index is 13.1. The third-order valence-corrected chi connectivity index (χ3v) is 5.70. The predicted octanol–water partition coefficient (Wildman–Crippen LogP) is 5.18. The quantitative estimate of drug-likeness (QED) is 0.579. The zero-order chi connectivity index (χ0) is 22.8. The molecule has 1 N–H and O–H groups in total. The largest absolute Gasteiger partial charge is 0.454 e. The van der Waals surface area contributed by atoms with E-state index in [0.29, 0.717) is 54.2 Å². The first-order valence-corrected chi connectivity index (χ1v) is 11.0. The van der Waals surface area contributed by atoms with Gasteiger partial charge in [-0.2, -0.15) is 0 Å². The van der Waals surface area contributed by atoms with Crippen molar-refractivity contribution in [2.45, 2.75) is 6.42 Å². The summed E-state index contributed by atoms with van der Waals surface area (Å²) in [6.07, 6.45) is 0.141. The van der Waals surface area contributed by atoms with Crippen LogP contribution < -0.4 is 10.1 Å². The highest BCUT2D eigenvalue weighted by molar-refractivity contribution is 6.31. The van der Waals surface area contributed by atoms with Crippen LogP contribution in [0.3, 0.4) is 0 Å². The molecular formula is C25H21ClFN3O3. The van der Waals surface area contributed by atoms with Crippen molar-refractivity contribution in [1.29, 1.82) is 0 Å². The van der Waals surface area contributed by atoms with Gasteiger partial charge in [0.2, 0.25) is 5.91 Å². The van der Waals surface area contributed by atoms with Crippen LogP contribution in [-0.4, -0.2) is 42.9 Å². The van der Waals surface area contributed by atoms with Crippen molar-refractivity contribution in [3.05, 3.63) is 82.6 Å². The van der Waals surface area contributed by atoms with Gasteiger partial charge >= 0.3 is 0 Å². The molecule has 0 saturated carbocycles. The second kappa shape index (κ2) is 9.21. The molecule has 3 aromatic rings. The number of amidine groups is 1. The number of benzene rings is 3. The van der Waals surface area contributed by atoms with Crippen LogP contribution in [0.5, 0.6) is 11.5 Å². The fraction of sp³-hybridized carbons (Fsp3) is 0.200. The lowest BCUT2D eigenvalue weighted by Crippen LogP contribution is -2.41. The van der Waals surface area contributed by atoms with Gasteiger partial charge in [0.15, 0.2) is 5.75 Å². The number of halogens is 2. The predicted molar refractivity (Wildman–Crippen MR) is 125 cm³/mol. The van der Waals surface area contributed by atoms with E-state index in [1.54, 1.807) is 36.4 Å². The van der Waals surface area contributed by atoms with E-state index in [-0.39, 0.29) is 18.1 Å². The van der Waals surface area contributed by atoms with Crippen LogP contribution in [0, 0.1) is 5.82 Å². The number of morpholine rings is 1. The molecule has 2 aliphatic heterocycles. The smallest absolute Gasteiger partial charge is 0.228 e. The van der Waals surface area contributed by atoms with Gasteiger partial charge in [0.05, 0.1) is 25.2 Å². The molecule has 0 spiro atoms. The molecule has 0 atom stereocenters. The normalized spacial score (nSPS) is 15.0. The molecule has 1 saturated heterocycles. The van der Waals surface area contributed by atoms with E-state index in [2.05, 4.69) is 10.2 Å². The monoisotopic (exact) mass is 465 g/mol. The third-order valence-electron chi connectivity index (χ3n) is 5.46. The number of nitrogens with zero attached hydrogens (tertiary/aromatic N) is 2. The molecule has 0 aromatic heterocycles. The first kappa shape index (κ1) is 21.4. The second-order valence-corrected chi connectivity index (χ2v) is 8.25. The van der Waals surface area contributed by atoms with Crippen LogP contribution in [0.1, 0.15) is 11.1 Å². The Balaban J connectivity index is 1.46. The van der Waals surface area contributed by atoms with E-state index in [0.717, 1.165) is 17.0 Å². The van der Waals surface area contributed by atoms with Gasteiger partial charge in [0.25, 0.3) is 0 Å². The van der Waals surface area contributed by atoms with Gasteiger partial charge in [-0.1, -0.05) is 23.7 Å². The van der Waals surface area contributed by atoms with Crippen molar-refractivity contribution in [3.8, 4) is 11.5 Å². The number of carbonyl (C=O) groups is 1. The van der Waals surface area contributed by atoms with Gasteiger partial charge in [0.1, 0.15) is 23.1 Å². The number of fused-ring (bicyclic) bond motifs is 2. The molecule has 1 amide bonds. The summed E-state index contributed by atoms with van der Waals surface area (Å²) in [5.41, 5.74) is 2.76. The average Bonchev–Trinajstić information content (AvgIpc) is 2.97. The van der Waals surface area contributed by atoms with Crippen LogP contribution in [0.2, 0.25) is 5.02 Å². The summed E-state index contributed by atoms with van der Waals surface area (Å²) in [6.45, 7) is 2.59. The Labute approximate surface area is 195 Å². The molecule has 0 aliphatic carbocycles. The number of nitrogens with one attached hydrogen (secondary N) is 1. The summed E-state index contributed by atoms with van der Waals surface area (Å²) in [7, 11) is 0. The number of ether oxygens (including phenoxy) is 2. The number of anilines is 1. The highest BCUT2D eigenvalue weighted by Gasteiger charge is 2.25. The topological polar surface area (TPSA) is 63.2 Å². The van der Waals surface area contributed by atoms with Crippen molar-refractivity contribution >= 4 is 34.7 Å². The fourth-order valence-electron chi connectivity index (χ4n) is 3.84. The molecule has 2 heterocycles. The molecule has 33 heavy (non-hydrogen) atoms. The Bertz CT molecular complexity index is 1220. The minimum absolute atomic E-state index is 0.141. The highest BCUT2D eigenvalue weighted by Crippen LogP contribution is 2.40. The zero-order valence-corrected chi connectivity index (χ0v) is 18.4. The van der Waals surface area contributed by atoms with Crippen LogP contribution in [0.25, 0.3) is 0 Å². The summed E-state index contributed by atoms with van der Waals surface area (Å²) in [6, 6.07) is 16.7.